The van der Waals surface area contributed by atoms with Gasteiger partial charge in [0.2, 0.25) is 5.91 Å². The summed E-state index contributed by atoms with van der Waals surface area (Å²) in [6, 6.07) is 10.2. The van der Waals surface area contributed by atoms with Gasteiger partial charge in [-0.15, -0.1) is 0 Å². The van der Waals surface area contributed by atoms with Crippen molar-refractivity contribution < 1.29 is 4.79 Å². The molecule has 2 unspecified atom stereocenters. The minimum absolute atomic E-state index is 0.0242. The van der Waals surface area contributed by atoms with E-state index < -0.39 is 5.41 Å². The Kier molecular flexibility index (Phi) is 5.97. The van der Waals surface area contributed by atoms with E-state index in [1.54, 1.807) is 0 Å². The molecule has 0 aromatic heterocycles. The third-order valence-corrected chi connectivity index (χ3v) is 4.10. The number of rotatable bonds is 6. The molecule has 0 aliphatic carbocycles. The summed E-state index contributed by atoms with van der Waals surface area (Å²) in [6.07, 6.45) is 1.64. The highest BCUT2D eigenvalue weighted by Gasteiger charge is 2.32. The molecule has 0 saturated carbocycles. The van der Waals surface area contributed by atoms with Crippen molar-refractivity contribution in [3.63, 3.8) is 0 Å². The second-order valence-corrected chi connectivity index (χ2v) is 7.32. The van der Waals surface area contributed by atoms with Crippen LogP contribution in [0.1, 0.15) is 59.1 Å². The second-order valence-electron chi connectivity index (χ2n) is 7.32. The SMILES string of the molecule is CCC(C)(CN)C(=O)NC(CC(C)(C)C)c1ccccc1. The van der Waals surface area contributed by atoms with Crippen LogP contribution < -0.4 is 11.1 Å². The highest BCUT2D eigenvalue weighted by Crippen LogP contribution is 2.31. The summed E-state index contributed by atoms with van der Waals surface area (Å²) in [7, 11) is 0. The summed E-state index contributed by atoms with van der Waals surface area (Å²) in [5, 5.41) is 3.21. The molecule has 3 nitrogen and oxygen atoms in total. The zero-order chi connectivity index (χ0) is 16.1. The van der Waals surface area contributed by atoms with E-state index in [-0.39, 0.29) is 17.4 Å². The van der Waals surface area contributed by atoms with Gasteiger partial charge in [0.25, 0.3) is 0 Å². The monoisotopic (exact) mass is 290 g/mol. The normalized spacial score (nSPS) is 16.1. The predicted octanol–water partition coefficient (Wildman–Crippen LogP) is 3.66. The Morgan fingerprint density at radius 1 is 1.19 bits per heavy atom. The maximum atomic E-state index is 12.6. The number of amides is 1. The number of carbonyl (C=O) groups is 1. The van der Waals surface area contributed by atoms with E-state index in [1.165, 1.54) is 0 Å². The van der Waals surface area contributed by atoms with Gasteiger partial charge in [0.05, 0.1) is 11.5 Å². The average molecular weight is 290 g/mol. The number of hydrogen-bond acceptors (Lipinski definition) is 2. The Morgan fingerprint density at radius 3 is 2.19 bits per heavy atom. The van der Waals surface area contributed by atoms with E-state index in [9.17, 15) is 4.79 Å². The molecule has 0 radical (unpaired) electrons. The molecule has 0 spiro atoms. The Morgan fingerprint density at radius 2 is 1.76 bits per heavy atom. The third-order valence-electron chi connectivity index (χ3n) is 4.10. The number of hydrogen-bond donors (Lipinski definition) is 2. The summed E-state index contributed by atoms with van der Waals surface area (Å²) < 4.78 is 0. The van der Waals surface area contributed by atoms with Crippen LogP contribution in [0.2, 0.25) is 0 Å². The van der Waals surface area contributed by atoms with E-state index >= 15 is 0 Å². The smallest absolute Gasteiger partial charge is 0.227 e. The summed E-state index contributed by atoms with van der Waals surface area (Å²) in [6.45, 7) is 10.9. The van der Waals surface area contributed by atoms with Crippen LogP contribution >= 0.6 is 0 Å². The van der Waals surface area contributed by atoms with Crippen LogP contribution in [0.15, 0.2) is 30.3 Å². The topological polar surface area (TPSA) is 55.1 Å². The van der Waals surface area contributed by atoms with Crippen molar-refractivity contribution >= 4 is 5.91 Å². The molecule has 21 heavy (non-hydrogen) atoms. The van der Waals surface area contributed by atoms with E-state index in [2.05, 4.69) is 38.2 Å². The van der Waals surface area contributed by atoms with Crippen LogP contribution in [0.25, 0.3) is 0 Å². The largest absolute Gasteiger partial charge is 0.349 e. The lowest BCUT2D eigenvalue weighted by molar-refractivity contribution is -0.130. The van der Waals surface area contributed by atoms with E-state index in [0.717, 1.165) is 18.4 Å². The Balaban J connectivity index is 2.96. The molecule has 1 amide bonds. The van der Waals surface area contributed by atoms with Crippen LogP contribution in [0, 0.1) is 10.8 Å². The number of nitrogens with two attached hydrogens (primary N) is 1. The lowest BCUT2D eigenvalue weighted by Gasteiger charge is -2.32. The second kappa shape index (κ2) is 7.08. The minimum atomic E-state index is -0.495. The highest BCUT2D eigenvalue weighted by atomic mass is 16.2. The standard InChI is InChI=1S/C18H30N2O/c1-6-18(5,13-19)16(21)20-15(12-17(2,3)4)14-10-8-7-9-11-14/h7-11,15H,6,12-13,19H2,1-5H3,(H,20,21). The molecule has 0 saturated heterocycles. The van der Waals surface area contributed by atoms with E-state index in [4.69, 9.17) is 5.73 Å². The maximum absolute atomic E-state index is 12.6. The molecule has 2 atom stereocenters. The van der Waals surface area contributed by atoms with Crippen molar-refractivity contribution in [1.29, 1.82) is 0 Å². The fourth-order valence-corrected chi connectivity index (χ4v) is 2.28. The molecule has 0 fully saturated rings. The van der Waals surface area contributed by atoms with Crippen molar-refractivity contribution in [3.05, 3.63) is 35.9 Å². The highest BCUT2D eigenvalue weighted by molar-refractivity contribution is 5.82. The molecule has 3 heteroatoms. The van der Waals surface area contributed by atoms with Crippen molar-refractivity contribution in [3.8, 4) is 0 Å². The first-order chi connectivity index (χ1) is 9.72. The fourth-order valence-electron chi connectivity index (χ4n) is 2.28. The van der Waals surface area contributed by atoms with E-state index in [1.807, 2.05) is 32.0 Å². The van der Waals surface area contributed by atoms with Crippen LogP contribution in [-0.2, 0) is 4.79 Å². The summed E-state index contributed by atoms with van der Waals surface area (Å²) in [5.74, 6) is 0.0469. The zero-order valence-corrected chi connectivity index (χ0v) is 14.1. The molecule has 0 aliphatic heterocycles. The summed E-state index contributed by atoms with van der Waals surface area (Å²) >= 11 is 0. The lowest BCUT2D eigenvalue weighted by atomic mass is 9.83. The molecule has 1 aromatic rings. The molecule has 0 heterocycles. The first-order valence-corrected chi connectivity index (χ1v) is 7.78. The van der Waals surface area contributed by atoms with Gasteiger partial charge in [-0.25, -0.2) is 0 Å². The Bertz CT molecular complexity index is 444. The maximum Gasteiger partial charge on any atom is 0.227 e. The zero-order valence-electron chi connectivity index (χ0n) is 14.1. The van der Waals surface area contributed by atoms with Gasteiger partial charge in [-0.1, -0.05) is 58.0 Å². The van der Waals surface area contributed by atoms with Gasteiger partial charge >= 0.3 is 0 Å². The van der Waals surface area contributed by atoms with Gasteiger partial charge in [0, 0.05) is 6.54 Å². The molecule has 1 aromatic carbocycles. The van der Waals surface area contributed by atoms with Gasteiger partial charge in [-0.2, -0.15) is 0 Å². The molecule has 118 valence electrons. The quantitative estimate of drug-likeness (QED) is 0.840. The van der Waals surface area contributed by atoms with Crippen LogP contribution in [0.5, 0.6) is 0 Å². The third kappa shape index (κ3) is 5.16. The minimum Gasteiger partial charge on any atom is -0.349 e. The van der Waals surface area contributed by atoms with Crippen molar-refractivity contribution in [2.24, 2.45) is 16.6 Å². The predicted molar refractivity (Wildman–Crippen MR) is 88.9 cm³/mol. The van der Waals surface area contributed by atoms with Gasteiger partial charge in [-0.05, 0) is 30.7 Å². The number of carbonyl (C=O) groups excluding carboxylic acids is 1. The van der Waals surface area contributed by atoms with Crippen molar-refractivity contribution in [1.82, 2.24) is 5.32 Å². The molecular weight excluding hydrogens is 260 g/mol. The Labute approximate surface area is 129 Å². The summed E-state index contributed by atoms with van der Waals surface area (Å²) in [4.78, 5) is 12.6. The van der Waals surface area contributed by atoms with Crippen LogP contribution in [0.4, 0.5) is 0 Å². The average Bonchev–Trinajstić information content (AvgIpc) is 2.45. The van der Waals surface area contributed by atoms with Crippen LogP contribution in [-0.4, -0.2) is 12.5 Å². The van der Waals surface area contributed by atoms with Gasteiger partial charge in [-0.3, -0.25) is 4.79 Å². The first-order valence-electron chi connectivity index (χ1n) is 7.78. The van der Waals surface area contributed by atoms with Crippen molar-refractivity contribution in [2.45, 2.75) is 53.5 Å². The lowest BCUT2D eigenvalue weighted by Crippen LogP contribution is -2.45. The molecule has 3 N–H and O–H groups in total. The van der Waals surface area contributed by atoms with Gasteiger partial charge < -0.3 is 11.1 Å². The fraction of sp³-hybridized carbons (Fsp3) is 0.611. The Hall–Kier alpha value is -1.35. The summed E-state index contributed by atoms with van der Waals surface area (Å²) in [5.41, 5.74) is 6.59. The van der Waals surface area contributed by atoms with E-state index in [0.29, 0.717) is 6.54 Å². The molecule has 0 bridgehead atoms. The molecule has 1 rings (SSSR count). The van der Waals surface area contributed by atoms with Crippen molar-refractivity contribution in [2.75, 3.05) is 6.54 Å². The van der Waals surface area contributed by atoms with Crippen LogP contribution in [0.3, 0.4) is 0 Å². The van der Waals surface area contributed by atoms with Gasteiger partial charge in [0.15, 0.2) is 0 Å². The number of benzene rings is 1. The van der Waals surface area contributed by atoms with Gasteiger partial charge in [0.1, 0.15) is 0 Å². The molecule has 0 aliphatic rings. The molecular formula is C18H30N2O. The number of nitrogens with one attached hydrogen (secondary N) is 1. The first kappa shape index (κ1) is 17.7.